The second-order valence-electron chi connectivity index (χ2n) is 2.70. The summed E-state index contributed by atoms with van der Waals surface area (Å²) < 4.78 is 21.7. The summed E-state index contributed by atoms with van der Waals surface area (Å²) in [7, 11) is 0. The lowest BCUT2D eigenvalue weighted by molar-refractivity contribution is -0.120. The number of hydrogen-bond donors (Lipinski definition) is 2. The number of hydrogen-bond acceptors (Lipinski definition) is 4. The van der Waals surface area contributed by atoms with Gasteiger partial charge in [-0.25, -0.2) is 0 Å². The number of carbonyl (C=O) groups is 1. The fourth-order valence-corrected chi connectivity index (χ4v) is 1.50. The molecule has 0 bridgehead atoms. The summed E-state index contributed by atoms with van der Waals surface area (Å²) in [5.74, 6) is -1.10. The van der Waals surface area contributed by atoms with E-state index in [9.17, 15) is 13.6 Å². The van der Waals surface area contributed by atoms with Gasteiger partial charge in [0.25, 0.3) is 5.91 Å². The fourth-order valence-electron chi connectivity index (χ4n) is 1.01. The molecule has 0 saturated heterocycles. The number of nitrogens with two attached hydrogens (primary N) is 2. The SMILES string of the molecule is NC(=O)C(N)(c1ccccc1)S(=O)[O-]. The quantitative estimate of drug-likeness (QED) is 0.638. The van der Waals surface area contributed by atoms with Gasteiger partial charge >= 0.3 is 0 Å². The van der Waals surface area contributed by atoms with Crippen molar-refractivity contribution in [1.82, 2.24) is 0 Å². The zero-order chi connectivity index (χ0) is 10.8. The van der Waals surface area contributed by atoms with Crippen LogP contribution in [0, 0.1) is 0 Å². The van der Waals surface area contributed by atoms with E-state index in [-0.39, 0.29) is 5.56 Å². The van der Waals surface area contributed by atoms with Crippen LogP contribution in [0.3, 0.4) is 0 Å². The number of benzene rings is 1. The Hall–Kier alpha value is -1.24. The number of amides is 1. The summed E-state index contributed by atoms with van der Waals surface area (Å²) in [5.41, 5.74) is 10.5. The number of rotatable bonds is 3. The Morgan fingerprint density at radius 2 is 1.86 bits per heavy atom. The van der Waals surface area contributed by atoms with Crippen LogP contribution < -0.4 is 11.5 Å². The Morgan fingerprint density at radius 3 is 2.21 bits per heavy atom. The topological polar surface area (TPSA) is 109 Å². The van der Waals surface area contributed by atoms with E-state index < -0.39 is 21.9 Å². The largest absolute Gasteiger partial charge is 0.770 e. The molecule has 2 atom stereocenters. The van der Waals surface area contributed by atoms with Crippen LogP contribution in [0.15, 0.2) is 30.3 Å². The average molecular weight is 213 g/mol. The molecule has 0 radical (unpaired) electrons. The van der Waals surface area contributed by atoms with Crippen LogP contribution in [0.1, 0.15) is 5.56 Å². The summed E-state index contributed by atoms with van der Waals surface area (Å²) >= 11 is -2.80. The fraction of sp³-hybridized carbons (Fsp3) is 0.125. The maximum absolute atomic E-state index is 11.0. The van der Waals surface area contributed by atoms with Crippen LogP contribution in [0.25, 0.3) is 0 Å². The van der Waals surface area contributed by atoms with E-state index in [4.69, 9.17) is 11.5 Å². The molecule has 76 valence electrons. The van der Waals surface area contributed by atoms with Crippen molar-refractivity contribution in [3.8, 4) is 0 Å². The summed E-state index contributed by atoms with van der Waals surface area (Å²) in [6.45, 7) is 0. The van der Waals surface area contributed by atoms with E-state index in [0.29, 0.717) is 0 Å². The van der Waals surface area contributed by atoms with Crippen LogP contribution in [0.2, 0.25) is 0 Å². The molecule has 0 fully saturated rings. The first-order chi connectivity index (χ1) is 6.49. The first kappa shape index (κ1) is 10.8. The molecule has 5 nitrogen and oxygen atoms in total. The van der Waals surface area contributed by atoms with Crippen molar-refractivity contribution in [2.24, 2.45) is 11.5 Å². The van der Waals surface area contributed by atoms with E-state index in [1.54, 1.807) is 18.2 Å². The predicted molar refractivity (Wildman–Crippen MR) is 50.4 cm³/mol. The minimum absolute atomic E-state index is 0.154. The van der Waals surface area contributed by atoms with Gasteiger partial charge in [0, 0.05) is 0 Å². The lowest BCUT2D eigenvalue weighted by Crippen LogP contribution is -2.52. The molecular formula is C8H9N2O3S-. The third kappa shape index (κ3) is 1.67. The van der Waals surface area contributed by atoms with Crippen molar-refractivity contribution in [1.29, 1.82) is 0 Å². The molecule has 1 rings (SSSR count). The monoisotopic (exact) mass is 213 g/mol. The van der Waals surface area contributed by atoms with Crippen LogP contribution >= 0.6 is 0 Å². The third-order valence-electron chi connectivity index (χ3n) is 1.83. The van der Waals surface area contributed by atoms with Crippen molar-refractivity contribution in [2.75, 3.05) is 0 Å². The van der Waals surface area contributed by atoms with E-state index in [0.717, 1.165) is 0 Å². The minimum Gasteiger partial charge on any atom is -0.770 e. The molecule has 0 heterocycles. The number of primary amides is 1. The van der Waals surface area contributed by atoms with Gasteiger partial charge in [0.05, 0.1) is 0 Å². The van der Waals surface area contributed by atoms with Gasteiger partial charge in [0.1, 0.15) is 0 Å². The molecular weight excluding hydrogens is 204 g/mol. The highest BCUT2D eigenvalue weighted by molar-refractivity contribution is 7.81. The molecule has 0 aliphatic rings. The van der Waals surface area contributed by atoms with Crippen molar-refractivity contribution >= 4 is 17.0 Å². The molecule has 0 aromatic heterocycles. The first-order valence-corrected chi connectivity index (χ1v) is 4.80. The van der Waals surface area contributed by atoms with E-state index in [2.05, 4.69) is 0 Å². The minimum atomic E-state index is -2.80. The van der Waals surface area contributed by atoms with Gasteiger partial charge < -0.3 is 16.0 Å². The zero-order valence-corrected chi connectivity index (χ0v) is 7.99. The molecule has 4 N–H and O–H groups in total. The molecule has 0 spiro atoms. The Labute approximate surface area is 83.4 Å². The van der Waals surface area contributed by atoms with Crippen LogP contribution in [-0.2, 0) is 20.7 Å². The van der Waals surface area contributed by atoms with Crippen molar-refractivity contribution in [2.45, 2.75) is 4.87 Å². The lowest BCUT2D eigenvalue weighted by atomic mass is 10.1. The van der Waals surface area contributed by atoms with Crippen LogP contribution in [-0.4, -0.2) is 14.7 Å². The van der Waals surface area contributed by atoms with Crippen molar-refractivity contribution in [3.05, 3.63) is 35.9 Å². The van der Waals surface area contributed by atoms with Crippen LogP contribution in [0.5, 0.6) is 0 Å². The molecule has 1 aromatic carbocycles. The first-order valence-electron chi connectivity index (χ1n) is 3.73. The van der Waals surface area contributed by atoms with Gasteiger partial charge in [-0.3, -0.25) is 9.00 Å². The smallest absolute Gasteiger partial charge is 0.254 e. The molecule has 6 heteroatoms. The summed E-state index contributed by atoms with van der Waals surface area (Å²) in [5, 5.41) is 0. The maximum Gasteiger partial charge on any atom is 0.254 e. The summed E-state index contributed by atoms with van der Waals surface area (Å²) in [6.07, 6.45) is 0. The summed E-state index contributed by atoms with van der Waals surface area (Å²) in [6, 6.07) is 7.69. The molecule has 1 amide bonds. The summed E-state index contributed by atoms with van der Waals surface area (Å²) in [4.78, 5) is 8.82. The molecule has 0 aliphatic heterocycles. The van der Waals surface area contributed by atoms with Gasteiger partial charge in [0.2, 0.25) is 0 Å². The zero-order valence-electron chi connectivity index (χ0n) is 7.17. The molecule has 1 aromatic rings. The van der Waals surface area contributed by atoms with Crippen molar-refractivity contribution < 1.29 is 13.6 Å². The van der Waals surface area contributed by atoms with Gasteiger partial charge in [0.15, 0.2) is 4.87 Å². The van der Waals surface area contributed by atoms with Gasteiger partial charge in [-0.2, -0.15) is 0 Å². The second-order valence-corrected chi connectivity index (χ2v) is 3.81. The third-order valence-corrected chi connectivity index (χ3v) is 2.79. The molecule has 0 saturated carbocycles. The van der Waals surface area contributed by atoms with E-state index in [1.165, 1.54) is 12.1 Å². The molecule has 0 aliphatic carbocycles. The second kappa shape index (κ2) is 3.87. The number of carbonyl (C=O) groups excluding carboxylic acids is 1. The highest BCUT2D eigenvalue weighted by Crippen LogP contribution is 2.20. The lowest BCUT2D eigenvalue weighted by Gasteiger charge is -2.28. The highest BCUT2D eigenvalue weighted by Gasteiger charge is 2.35. The van der Waals surface area contributed by atoms with Gasteiger partial charge in [-0.1, -0.05) is 30.3 Å². The Balaban J connectivity index is 3.27. The standard InChI is InChI=1S/C8H10N2O3S/c9-7(11)8(10,14(12)13)6-4-2-1-3-5-6/h1-5H,10H2,(H2,9,11)(H,12,13)/p-1. The van der Waals surface area contributed by atoms with E-state index >= 15 is 0 Å². The van der Waals surface area contributed by atoms with E-state index in [1.807, 2.05) is 0 Å². The average Bonchev–Trinajstić information content (AvgIpc) is 2.17. The normalized spacial score (nSPS) is 17.0. The van der Waals surface area contributed by atoms with Gasteiger partial charge in [-0.05, 0) is 16.6 Å². The van der Waals surface area contributed by atoms with Crippen LogP contribution in [0.4, 0.5) is 0 Å². The Bertz CT molecular complexity index is 352. The maximum atomic E-state index is 11.0. The predicted octanol–water partition coefficient (Wildman–Crippen LogP) is -0.837. The molecule has 14 heavy (non-hydrogen) atoms. The van der Waals surface area contributed by atoms with Crippen molar-refractivity contribution in [3.63, 3.8) is 0 Å². The highest BCUT2D eigenvalue weighted by atomic mass is 32.2. The van der Waals surface area contributed by atoms with Gasteiger partial charge in [-0.15, -0.1) is 0 Å². The Kier molecular flexibility index (Phi) is 3.00. The Morgan fingerprint density at radius 1 is 1.36 bits per heavy atom. The molecule has 2 unspecified atom stereocenters.